The van der Waals surface area contributed by atoms with Crippen molar-refractivity contribution in [3.05, 3.63) is 48.3 Å². The highest BCUT2D eigenvalue weighted by molar-refractivity contribution is 5.87. The predicted octanol–water partition coefficient (Wildman–Crippen LogP) is 5.03. The van der Waals surface area contributed by atoms with E-state index in [9.17, 15) is 18.0 Å². The van der Waals surface area contributed by atoms with Crippen LogP contribution in [0.5, 0.6) is 11.5 Å². The van der Waals surface area contributed by atoms with Crippen LogP contribution in [-0.4, -0.2) is 43.4 Å². The molecule has 2 N–H and O–H groups in total. The Hall–Kier alpha value is -4.13. The minimum Gasteiger partial charge on any atom is -0.457 e. The third-order valence-electron chi connectivity index (χ3n) is 5.93. The number of anilines is 3. The molecule has 5 rings (SSSR count). The van der Waals surface area contributed by atoms with E-state index in [1.54, 1.807) is 41.9 Å². The second-order valence-electron chi connectivity index (χ2n) is 8.63. The van der Waals surface area contributed by atoms with E-state index in [-0.39, 0.29) is 17.8 Å². The minimum absolute atomic E-state index is 0.0518. The van der Waals surface area contributed by atoms with E-state index >= 15 is 0 Å². The van der Waals surface area contributed by atoms with Crippen molar-refractivity contribution in [1.29, 1.82) is 0 Å². The van der Waals surface area contributed by atoms with E-state index in [0.29, 0.717) is 60.4 Å². The fourth-order valence-corrected chi connectivity index (χ4v) is 4.19. The standard InChI is InChI=1S/C24H24F3N7O3/c1-14(35)29-21-12-17(5-8-28-21)37-16-3-4-18-19(11-16)33(2)23(30-18)31-22-13-20(24(25,26)27)34(32-22)15-6-9-36-10-7-15/h3-5,8,11-13,15H,6-7,9-10H2,1-2H3,(H,28,29,35)(H,30,31,32). The fraction of sp³-hybridized carbons (Fsp3) is 0.333. The molecule has 1 saturated heterocycles. The summed E-state index contributed by atoms with van der Waals surface area (Å²) in [4.78, 5) is 19.8. The lowest BCUT2D eigenvalue weighted by Crippen LogP contribution is -2.25. The Morgan fingerprint density at radius 1 is 1.11 bits per heavy atom. The lowest BCUT2D eigenvalue weighted by molar-refractivity contribution is -0.145. The smallest absolute Gasteiger partial charge is 0.433 e. The molecular formula is C24H24F3N7O3. The normalized spacial score (nSPS) is 14.6. The highest BCUT2D eigenvalue weighted by atomic mass is 19.4. The number of benzene rings is 1. The second-order valence-corrected chi connectivity index (χ2v) is 8.63. The number of nitrogens with zero attached hydrogens (tertiary/aromatic N) is 5. The van der Waals surface area contributed by atoms with E-state index in [1.165, 1.54) is 13.1 Å². The van der Waals surface area contributed by atoms with E-state index in [0.717, 1.165) is 10.7 Å². The first-order valence-electron chi connectivity index (χ1n) is 11.6. The Morgan fingerprint density at radius 2 is 1.86 bits per heavy atom. The Morgan fingerprint density at radius 3 is 2.59 bits per heavy atom. The number of rotatable bonds is 6. The molecule has 0 saturated carbocycles. The van der Waals surface area contributed by atoms with E-state index < -0.39 is 11.9 Å². The van der Waals surface area contributed by atoms with Crippen molar-refractivity contribution in [3.8, 4) is 11.5 Å². The average molecular weight is 515 g/mol. The van der Waals surface area contributed by atoms with Gasteiger partial charge < -0.3 is 24.7 Å². The number of carbonyl (C=O) groups is 1. The third kappa shape index (κ3) is 5.35. The Bertz CT molecular complexity index is 1440. The summed E-state index contributed by atoms with van der Waals surface area (Å²) in [6.07, 6.45) is -2.11. The molecule has 4 heterocycles. The maximum absolute atomic E-state index is 13.7. The molecule has 194 valence electrons. The van der Waals surface area contributed by atoms with Crippen molar-refractivity contribution in [1.82, 2.24) is 24.3 Å². The van der Waals surface area contributed by atoms with Gasteiger partial charge in [-0.1, -0.05) is 0 Å². The molecule has 0 aliphatic carbocycles. The number of amides is 1. The molecule has 1 amide bonds. The van der Waals surface area contributed by atoms with Crippen LogP contribution >= 0.6 is 0 Å². The highest BCUT2D eigenvalue weighted by Gasteiger charge is 2.38. The summed E-state index contributed by atoms with van der Waals surface area (Å²) < 4.78 is 55.1. The molecule has 1 fully saturated rings. The second kappa shape index (κ2) is 9.73. The van der Waals surface area contributed by atoms with Gasteiger partial charge in [0.05, 0.1) is 17.1 Å². The topological polar surface area (TPSA) is 108 Å². The number of pyridine rings is 1. The number of alkyl halides is 3. The summed E-state index contributed by atoms with van der Waals surface area (Å²) in [7, 11) is 1.74. The van der Waals surface area contributed by atoms with Gasteiger partial charge in [0.1, 0.15) is 23.0 Å². The molecule has 1 aromatic carbocycles. The van der Waals surface area contributed by atoms with Gasteiger partial charge in [0.2, 0.25) is 11.9 Å². The summed E-state index contributed by atoms with van der Waals surface area (Å²) in [5.74, 6) is 1.46. The molecule has 0 bridgehead atoms. The van der Waals surface area contributed by atoms with Gasteiger partial charge in [-0.15, -0.1) is 0 Å². The predicted molar refractivity (Wildman–Crippen MR) is 129 cm³/mol. The number of ether oxygens (including phenoxy) is 2. The highest BCUT2D eigenvalue weighted by Crippen LogP contribution is 2.36. The number of nitrogens with one attached hydrogen (secondary N) is 2. The van der Waals surface area contributed by atoms with Crippen molar-refractivity contribution < 1.29 is 27.4 Å². The van der Waals surface area contributed by atoms with Crippen molar-refractivity contribution in [2.45, 2.75) is 32.0 Å². The van der Waals surface area contributed by atoms with E-state index in [1.807, 2.05) is 0 Å². The molecule has 0 spiro atoms. The summed E-state index contributed by atoms with van der Waals surface area (Å²) in [6, 6.07) is 9.08. The fourth-order valence-electron chi connectivity index (χ4n) is 4.19. The van der Waals surface area contributed by atoms with Crippen LogP contribution in [0.1, 0.15) is 31.5 Å². The first-order valence-corrected chi connectivity index (χ1v) is 11.6. The number of hydrogen-bond donors (Lipinski definition) is 2. The largest absolute Gasteiger partial charge is 0.457 e. The molecule has 1 aliphatic heterocycles. The summed E-state index contributed by atoms with van der Waals surface area (Å²) in [5.41, 5.74) is 0.495. The maximum Gasteiger partial charge on any atom is 0.433 e. The SMILES string of the molecule is CC(=O)Nc1cc(Oc2ccc3nc(Nc4cc(C(F)(F)F)n(C5CCOCC5)n4)n(C)c3c2)ccn1. The van der Waals surface area contributed by atoms with Gasteiger partial charge in [-0.05, 0) is 31.0 Å². The van der Waals surface area contributed by atoms with Crippen LogP contribution in [0.25, 0.3) is 11.0 Å². The Labute approximate surface area is 209 Å². The molecule has 0 radical (unpaired) electrons. The van der Waals surface area contributed by atoms with E-state index in [2.05, 4.69) is 25.7 Å². The number of hydrogen-bond acceptors (Lipinski definition) is 7. The lowest BCUT2D eigenvalue weighted by atomic mass is 10.1. The molecule has 4 aromatic rings. The molecule has 3 aromatic heterocycles. The van der Waals surface area contributed by atoms with E-state index in [4.69, 9.17) is 9.47 Å². The number of halogens is 3. The van der Waals surface area contributed by atoms with Crippen molar-refractivity contribution >= 4 is 34.5 Å². The molecule has 13 heteroatoms. The van der Waals surface area contributed by atoms with Crippen LogP contribution in [-0.2, 0) is 22.8 Å². The van der Waals surface area contributed by atoms with Crippen LogP contribution < -0.4 is 15.4 Å². The maximum atomic E-state index is 13.7. The minimum atomic E-state index is -4.55. The molecular weight excluding hydrogens is 491 g/mol. The number of aryl methyl sites for hydroxylation is 1. The summed E-state index contributed by atoms with van der Waals surface area (Å²) in [6.45, 7) is 2.18. The number of aromatic nitrogens is 5. The van der Waals surface area contributed by atoms with Gasteiger partial charge in [-0.3, -0.25) is 9.48 Å². The van der Waals surface area contributed by atoms with Gasteiger partial charge >= 0.3 is 6.18 Å². The third-order valence-corrected chi connectivity index (χ3v) is 5.93. The zero-order chi connectivity index (χ0) is 26.2. The van der Waals surface area contributed by atoms with Crippen molar-refractivity contribution in [2.24, 2.45) is 7.05 Å². The first-order chi connectivity index (χ1) is 17.7. The average Bonchev–Trinajstić information content (AvgIpc) is 3.41. The van der Waals surface area contributed by atoms with Crippen molar-refractivity contribution in [2.75, 3.05) is 23.8 Å². The Balaban J connectivity index is 1.40. The van der Waals surface area contributed by atoms with Crippen LogP contribution in [0.4, 0.5) is 30.8 Å². The van der Waals surface area contributed by atoms with Crippen molar-refractivity contribution in [3.63, 3.8) is 0 Å². The molecule has 0 unspecified atom stereocenters. The zero-order valence-electron chi connectivity index (χ0n) is 20.0. The molecule has 0 atom stereocenters. The van der Waals surface area contributed by atoms with Gasteiger partial charge in [0.15, 0.2) is 5.82 Å². The van der Waals surface area contributed by atoms with Gasteiger partial charge in [0, 0.05) is 51.6 Å². The first kappa shape index (κ1) is 24.6. The van der Waals surface area contributed by atoms with Gasteiger partial charge in [-0.2, -0.15) is 18.3 Å². The summed E-state index contributed by atoms with van der Waals surface area (Å²) in [5, 5.41) is 9.75. The monoisotopic (exact) mass is 515 g/mol. The number of fused-ring (bicyclic) bond motifs is 1. The number of imidazole rings is 1. The van der Waals surface area contributed by atoms with Crippen LogP contribution in [0.2, 0.25) is 0 Å². The lowest BCUT2D eigenvalue weighted by Gasteiger charge is -2.24. The molecule has 10 nitrogen and oxygen atoms in total. The number of carbonyl (C=O) groups excluding carboxylic acids is 1. The molecule has 37 heavy (non-hydrogen) atoms. The zero-order valence-corrected chi connectivity index (χ0v) is 20.0. The van der Waals surface area contributed by atoms with Crippen LogP contribution in [0.15, 0.2) is 42.6 Å². The Kier molecular flexibility index (Phi) is 6.46. The molecule has 1 aliphatic rings. The quantitative estimate of drug-likeness (QED) is 0.371. The van der Waals surface area contributed by atoms with Crippen LogP contribution in [0.3, 0.4) is 0 Å². The van der Waals surface area contributed by atoms with Gasteiger partial charge in [0.25, 0.3) is 0 Å². The van der Waals surface area contributed by atoms with Gasteiger partial charge in [-0.25, -0.2) is 9.97 Å². The summed E-state index contributed by atoms with van der Waals surface area (Å²) >= 11 is 0. The van der Waals surface area contributed by atoms with Crippen LogP contribution in [0, 0.1) is 0 Å².